The Morgan fingerprint density at radius 1 is 1.43 bits per heavy atom. The summed E-state index contributed by atoms with van der Waals surface area (Å²) >= 11 is 1.40. The zero-order valence-electron chi connectivity index (χ0n) is 12.0. The molecule has 1 aliphatic heterocycles. The molecule has 108 valence electrons. The first kappa shape index (κ1) is 15.3. The van der Waals surface area contributed by atoms with Gasteiger partial charge in [-0.3, -0.25) is 9.78 Å². The van der Waals surface area contributed by atoms with Crippen LogP contribution >= 0.6 is 11.8 Å². The molecule has 1 aromatic rings. The fourth-order valence-corrected chi connectivity index (χ4v) is 3.10. The highest BCUT2D eigenvalue weighted by atomic mass is 32.2. The van der Waals surface area contributed by atoms with Crippen LogP contribution in [0.25, 0.3) is 0 Å². The summed E-state index contributed by atoms with van der Waals surface area (Å²) in [6.07, 6.45) is 5.17. The molecule has 5 nitrogen and oxygen atoms in total. The fraction of sp³-hybridized carbons (Fsp3) is 0.333. The fourth-order valence-electron chi connectivity index (χ4n) is 2.47. The highest BCUT2D eigenvalue weighted by molar-refractivity contribution is 8.02. The van der Waals surface area contributed by atoms with E-state index in [0.29, 0.717) is 16.3 Å². The summed E-state index contributed by atoms with van der Waals surface area (Å²) in [5, 5.41) is 10.2. The van der Waals surface area contributed by atoms with Gasteiger partial charge in [0.2, 0.25) is 0 Å². The van der Waals surface area contributed by atoms with E-state index in [9.17, 15) is 10.1 Å². The number of rotatable bonds is 3. The van der Waals surface area contributed by atoms with E-state index in [1.54, 1.807) is 19.3 Å². The van der Waals surface area contributed by atoms with Gasteiger partial charge in [-0.2, -0.15) is 5.26 Å². The smallest absolute Gasteiger partial charge is 0.315 e. The second-order valence-corrected chi connectivity index (χ2v) is 5.34. The lowest BCUT2D eigenvalue weighted by Gasteiger charge is -2.29. The Morgan fingerprint density at radius 3 is 2.62 bits per heavy atom. The van der Waals surface area contributed by atoms with Gasteiger partial charge < -0.3 is 4.74 Å². The summed E-state index contributed by atoms with van der Waals surface area (Å²) < 4.78 is 4.90. The lowest BCUT2D eigenvalue weighted by Crippen LogP contribution is -2.33. The number of esters is 1. The molecule has 2 heterocycles. The minimum atomic E-state index is -0.581. The Kier molecular flexibility index (Phi) is 4.76. The quantitative estimate of drug-likeness (QED) is 0.802. The molecule has 0 aliphatic carbocycles. The van der Waals surface area contributed by atoms with Crippen LogP contribution in [0.2, 0.25) is 0 Å². The van der Waals surface area contributed by atoms with Gasteiger partial charge in [0.1, 0.15) is 10.9 Å². The summed E-state index contributed by atoms with van der Waals surface area (Å²) in [5.41, 5.74) is 2.01. The standard InChI is InChI=1S/C15H15N3O2S/c1-9-12(15(19)20-2)13(10-4-6-17-7-5-10)11(8-16)14(18-9)21-3/h4-7,12-13H,1-3H3. The lowest BCUT2D eigenvalue weighted by atomic mass is 9.77. The molecule has 0 fully saturated rings. The molecule has 1 aromatic heterocycles. The molecule has 0 N–H and O–H groups in total. The Hall–Kier alpha value is -2.13. The number of carbonyl (C=O) groups excluding carboxylic acids is 1. The summed E-state index contributed by atoms with van der Waals surface area (Å²) in [7, 11) is 1.35. The Bertz CT molecular complexity index is 647. The van der Waals surface area contributed by atoms with Crippen LogP contribution in [-0.2, 0) is 9.53 Å². The van der Waals surface area contributed by atoms with Crippen LogP contribution in [0.4, 0.5) is 0 Å². The minimum Gasteiger partial charge on any atom is -0.468 e. The summed E-state index contributed by atoms with van der Waals surface area (Å²) in [5.74, 6) is -1.35. The number of thioether (sulfide) groups is 1. The molecule has 0 saturated carbocycles. The largest absolute Gasteiger partial charge is 0.468 e. The third-order valence-electron chi connectivity index (χ3n) is 3.44. The monoisotopic (exact) mass is 301 g/mol. The molecule has 2 rings (SSSR count). The molecule has 0 saturated heterocycles. The molecular formula is C15H15N3O2S. The van der Waals surface area contributed by atoms with E-state index in [2.05, 4.69) is 16.0 Å². The van der Waals surface area contributed by atoms with Gasteiger partial charge in [0.05, 0.1) is 18.8 Å². The number of nitriles is 1. The molecule has 0 amide bonds. The second kappa shape index (κ2) is 6.55. The molecular weight excluding hydrogens is 286 g/mol. The first-order valence-corrected chi connectivity index (χ1v) is 7.57. The molecule has 2 atom stereocenters. The maximum absolute atomic E-state index is 12.2. The minimum absolute atomic E-state index is 0.383. The van der Waals surface area contributed by atoms with Gasteiger partial charge in [-0.25, -0.2) is 4.99 Å². The normalized spacial score (nSPS) is 21.5. The number of allylic oxidation sites excluding steroid dienone is 1. The number of methoxy groups -OCH3 is 1. The summed E-state index contributed by atoms with van der Waals surface area (Å²) in [6.45, 7) is 1.79. The van der Waals surface area contributed by atoms with Crippen molar-refractivity contribution in [3.8, 4) is 6.07 Å². The topological polar surface area (TPSA) is 75.3 Å². The van der Waals surface area contributed by atoms with E-state index >= 15 is 0 Å². The maximum Gasteiger partial charge on any atom is 0.315 e. The average molecular weight is 301 g/mol. The van der Waals surface area contributed by atoms with Crippen molar-refractivity contribution in [2.24, 2.45) is 10.9 Å². The molecule has 21 heavy (non-hydrogen) atoms. The number of hydrogen-bond donors (Lipinski definition) is 0. The first-order chi connectivity index (χ1) is 10.1. The van der Waals surface area contributed by atoms with Crippen molar-refractivity contribution in [3.63, 3.8) is 0 Å². The van der Waals surface area contributed by atoms with E-state index in [1.165, 1.54) is 18.9 Å². The van der Waals surface area contributed by atoms with Gasteiger partial charge >= 0.3 is 5.97 Å². The zero-order chi connectivity index (χ0) is 15.4. The van der Waals surface area contributed by atoms with Crippen LogP contribution in [0.1, 0.15) is 18.4 Å². The highest BCUT2D eigenvalue weighted by Crippen LogP contribution is 2.41. The first-order valence-electron chi connectivity index (χ1n) is 6.35. The average Bonchev–Trinajstić information content (AvgIpc) is 2.53. The van der Waals surface area contributed by atoms with Gasteiger partial charge in [-0.05, 0) is 30.9 Å². The number of ether oxygens (including phenoxy) is 1. The van der Waals surface area contributed by atoms with Crippen molar-refractivity contribution in [1.82, 2.24) is 4.98 Å². The second-order valence-electron chi connectivity index (χ2n) is 4.55. The molecule has 0 aromatic carbocycles. The van der Waals surface area contributed by atoms with Gasteiger partial charge in [-0.1, -0.05) is 0 Å². The van der Waals surface area contributed by atoms with Crippen LogP contribution in [0, 0.1) is 17.2 Å². The van der Waals surface area contributed by atoms with Crippen molar-refractivity contribution < 1.29 is 9.53 Å². The van der Waals surface area contributed by atoms with Crippen molar-refractivity contribution in [3.05, 3.63) is 40.7 Å². The van der Waals surface area contributed by atoms with Crippen LogP contribution in [-0.4, -0.2) is 30.0 Å². The highest BCUT2D eigenvalue weighted by Gasteiger charge is 2.39. The SMILES string of the molecule is COC(=O)C1C(C)=NC(SC)=C(C#N)C1c1ccncc1. The van der Waals surface area contributed by atoms with Gasteiger partial charge in [0.25, 0.3) is 0 Å². The Labute approximate surface area is 127 Å². The predicted molar refractivity (Wildman–Crippen MR) is 81.7 cm³/mol. The summed E-state index contributed by atoms with van der Waals surface area (Å²) in [6, 6.07) is 5.83. The third-order valence-corrected chi connectivity index (χ3v) is 4.13. The molecule has 2 unspecified atom stereocenters. The van der Waals surface area contributed by atoms with Crippen molar-refractivity contribution in [2.45, 2.75) is 12.8 Å². The molecule has 0 radical (unpaired) electrons. The van der Waals surface area contributed by atoms with E-state index in [4.69, 9.17) is 4.74 Å². The van der Waals surface area contributed by atoms with E-state index in [1.807, 2.05) is 18.4 Å². The van der Waals surface area contributed by atoms with Crippen LogP contribution in [0.5, 0.6) is 0 Å². The number of hydrogen-bond acceptors (Lipinski definition) is 6. The van der Waals surface area contributed by atoms with Crippen molar-refractivity contribution >= 4 is 23.4 Å². The number of nitrogens with zero attached hydrogens (tertiary/aromatic N) is 3. The molecule has 0 bridgehead atoms. The lowest BCUT2D eigenvalue weighted by molar-refractivity contribution is -0.143. The Morgan fingerprint density at radius 2 is 2.10 bits per heavy atom. The van der Waals surface area contributed by atoms with Gasteiger partial charge in [0, 0.05) is 24.0 Å². The molecule has 1 aliphatic rings. The van der Waals surface area contributed by atoms with E-state index in [0.717, 1.165) is 5.56 Å². The van der Waals surface area contributed by atoms with Gasteiger partial charge in [0.15, 0.2) is 0 Å². The van der Waals surface area contributed by atoms with E-state index < -0.39 is 5.92 Å². The van der Waals surface area contributed by atoms with Crippen LogP contribution in [0.3, 0.4) is 0 Å². The number of pyridine rings is 1. The zero-order valence-corrected chi connectivity index (χ0v) is 12.8. The maximum atomic E-state index is 12.2. The third kappa shape index (κ3) is 2.83. The molecule has 0 spiro atoms. The number of aliphatic imine (C=N–C) groups is 1. The van der Waals surface area contributed by atoms with Gasteiger partial charge in [-0.15, -0.1) is 11.8 Å². The number of aromatic nitrogens is 1. The van der Waals surface area contributed by atoms with Crippen molar-refractivity contribution in [1.29, 1.82) is 5.26 Å². The Balaban J connectivity index is 2.63. The van der Waals surface area contributed by atoms with Crippen molar-refractivity contribution in [2.75, 3.05) is 13.4 Å². The van der Waals surface area contributed by atoms with Crippen LogP contribution < -0.4 is 0 Å². The number of carbonyl (C=O) groups is 1. The summed E-state index contributed by atoms with van der Waals surface area (Å²) in [4.78, 5) is 20.5. The predicted octanol–water partition coefficient (Wildman–Crippen LogP) is 2.53. The molecule has 6 heteroatoms. The van der Waals surface area contributed by atoms with E-state index in [-0.39, 0.29) is 11.9 Å². The van der Waals surface area contributed by atoms with Crippen LogP contribution in [0.15, 0.2) is 40.1 Å².